The molecule has 0 aliphatic carbocycles. The number of carboxylic acid groups (broad SMARTS) is 3. The number of carboxylic acids is 3. The van der Waals surface area contributed by atoms with E-state index >= 15 is 0 Å². The fourth-order valence-electron chi connectivity index (χ4n) is 11.0. The Morgan fingerprint density at radius 2 is 0.439 bits per heavy atom. The molecule has 0 aliphatic heterocycles. The molecular formula is C60H116O6. The van der Waals surface area contributed by atoms with Gasteiger partial charge in [-0.15, -0.1) is 0 Å². The van der Waals surface area contributed by atoms with Gasteiger partial charge in [0.05, 0.1) is 17.3 Å². The molecule has 0 aromatic heterocycles. The molecule has 0 rings (SSSR count). The molecular weight excluding hydrogens is 817 g/mol. The van der Waals surface area contributed by atoms with Gasteiger partial charge in [0, 0.05) is 0 Å². The van der Waals surface area contributed by atoms with Crippen LogP contribution in [0.2, 0.25) is 0 Å². The average molecular weight is 934 g/mol. The minimum Gasteiger partial charge on any atom is -0.481 e. The third-order valence-electron chi connectivity index (χ3n) is 15.4. The summed E-state index contributed by atoms with van der Waals surface area (Å²) >= 11 is 0. The monoisotopic (exact) mass is 933 g/mol. The summed E-state index contributed by atoms with van der Waals surface area (Å²) in [6.07, 6.45) is 59.1. The van der Waals surface area contributed by atoms with E-state index in [2.05, 4.69) is 20.8 Å². The van der Waals surface area contributed by atoms with Crippen LogP contribution in [0.5, 0.6) is 0 Å². The van der Waals surface area contributed by atoms with Crippen LogP contribution in [0.4, 0.5) is 0 Å². The Hall–Kier alpha value is -1.59. The number of unbranched alkanes of at least 4 members (excludes halogenated alkanes) is 45. The van der Waals surface area contributed by atoms with E-state index in [1.54, 1.807) is 0 Å². The maximum absolute atomic E-state index is 13.5. The van der Waals surface area contributed by atoms with Gasteiger partial charge in [-0.3, -0.25) is 14.4 Å². The Kier molecular flexibility index (Phi) is 48.6. The number of carbonyl (C=O) groups is 3. The summed E-state index contributed by atoms with van der Waals surface area (Å²) in [7, 11) is 0. The van der Waals surface area contributed by atoms with Crippen LogP contribution in [0, 0.1) is 17.3 Å². The summed E-state index contributed by atoms with van der Waals surface area (Å²) < 4.78 is 0. The van der Waals surface area contributed by atoms with E-state index in [1.165, 1.54) is 231 Å². The normalized spacial score (nSPS) is 13.5. The van der Waals surface area contributed by atoms with Crippen molar-refractivity contribution in [1.82, 2.24) is 0 Å². The lowest BCUT2D eigenvalue weighted by molar-refractivity contribution is -0.176. The van der Waals surface area contributed by atoms with Gasteiger partial charge in [-0.1, -0.05) is 329 Å². The van der Waals surface area contributed by atoms with Gasteiger partial charge in [0.2, 0.25) is 0 Å². The van der Waals surface area contributed by atoms with Crippen LogP contribution in [0.15, 0.2) is 0 Å². The van der Waals surface area contributed by atoms with Crippen molar-refractivity contribution in [3.8, 4) is 0 Å². The molecule has 0 aromatic rings. The fraction of sp³-hybridized carbons (Fsp3) is 0.950. The first-order valence-corrected chi connectivity index (χ1v) is 30.0. The lowest BCUT2D eigenvalue weighted by Gasteiger charge is -2.40. The topological polar surface area (TPSA) is 112 Å². The lowest BCUT2D eigenvalue weighted by atomic mass is 9.60. The Bertz CT molecular complexity index is 988. The minimum atomic E-state index is -1.79. The summed E-state index contributed by atoms with van der Waals surface area (Å²) in [5.41, 5.74) is -1.79. The lowest BCUT2D eigenvalue weighted by Crippen LogP contribution is -2.51. The third-order valence-corrected chi connectivity index (χ3v) is 15.4. The summed E-state index contributed by atoms with van der Waals surface area (Å²) in [5, 5.41) is 32.4. The molecule has 6 heteroatoms. The van der Waals surface area contributed by atoms with Crippen LogP contribution in [0.3, 0.4) is 0 Å². The van der Waals surface area contributed by atoms with E-state index in [0.717, 1.165) is 57.8 Å². The average Bonchev–Trinajstić information content (AvgIpc) is 3.30. The highest BCUT2D eigenvalue weighted by molar-refractivity contribution is 5.88. The quantitative estimate of drug-likeness (QED) is 0.0524. The molecule has 0 saturated heterocycles. The molecule has 0 saturated carbocycles. The number of rotatable bonds is 56. The molecule has 6 nitrogen and oxygen atoms in total. The van der Waals surface area contributed by atoms with E-state index in [-0.39, 0.29) is 19.3 Å². The Morgan fingerprint density at radius 3 is 0.606 bits per heavy atom. The smallest absolute Gasteiger partial charge is 0.311 e. The SMILES string of the molecule is CCCCCCCCCCCCCCCCCCC(C(=O)O)C(CCCCCCCCCCCCCCCCCC)(C(=O)O)C(CCCCCCCCCCCCCCCCCC)C(=O)O. The molecule has 2 unspecified atom stereocenters. The third kappa shape index (κ3) is 37.3. The predicted octanol–water partition coefficient (Wildman–Crippen LogP) is 20.4. The van der Waals surface area contributed by atoms with Gasteiger partial charge >= 0.3 is 17.9 Å². The molecule has 0 radical (unpaired) electrons. The molecule has 0 bridgehead atoms. The van der Waals surface area contributed by atoms with E-state index in [1.807, 2.05) is 0 Å². The summed E-state index contributed by atoms with van der Waals surface area (Å²) in [5.74, 6) is -5.86. The van der Waals surface area contributed by atoms with Gasteiger partial charge in [0.1, 0.15) is 0 Å². The van der Waals surface area contributed by atoms with Gasteiger partial charge in [0.25, 0.3) is 0 Å². The van der Waals surface area contributed by atoms with Gasteiger partial charge in [-0.25, -0.2) is 0 Å². The first-order valence-electron chi connectivity index (χ1n) is 30.0. The van der Waals surface area contributed by atoms with Crippen LogP contribution < -0.4 is 0 Å². The predicted molar refractivity (Wildman–Crippen MR) is 285 cm³/mol. The van der Waals surface area contributed by atoms with Crippen LogP contribution in [0.25, 0.3) is 0 Å². The zero-order valence-electron chi connectivity index (χ0n) is 44.8. The second-order valence-corrected chi connectivity index (χ2v) is 21.4. The van der Waals surface area contributed by atoms with Crippen LogP contribution in [-0.2, 0) is 14.4 Å². The number of hydrogen-bond acceptors (Lipinski definition) is 3. The first-order chi connectivity index (χ1) is 32.3. The fourth-order valence-corrected chi connectivity index (χ4v) is 11.0. The standard InChI is InChI=1S/C60H116O6/c1-4-7-10-13-16-19-22-25-28-31-34-37-40-43-46-49-52-55(57(61)62)60(59(65)66,54-51-48-45-42-39-36-33-30-27-24-21-18-15-12-9-6-3)56(58(63)64)53-50-47-44-41-38-35-32-29-26-23-20-17-14-11-8-5-2/h55-56H,4-54H2,1-3H3,(H,61,62)(H,63,64)(H,65,66). The molecule has 66 heavy (non-hydrogen) atoms. The number of aliphatic carboxylic acids is 3. The summed E-state index contributed by atoms with van der Waals surface area (Å²) in [4.78, 5) is 39.7. The second-order valence-electron chi connectivity index (χ2n) is 21.4. The molecule has 0 amide bonds. The Labute approximate surface area is 411 Å². The van der Waals surface area contributed by atoms with Crippen LogP contribution in [0.1, 0.15) is 348 Å². The van der Waals surface area contributed by atoms with E-state index in [0.29, 0.717) is 19.3 Å². The zero-order valence-corrected chi connectivity index (χ0v) is 44.8. The van der Waals surface area contributed by atoms with Crippen molar-refractivity contribution >= 4 is 17.9 Å². The highest BCUT2D eigenvalue weighted by Crippen LogP contribution is 2.47. The maximum atomic E-state index is 13.5. The Morgan fingerprint density at radius 1 is 0.273 bits per heavy atom. The van der Waals surface area contributed by atoms with Crippen molar-refractivity contribution in [2.24, 2.45) is 17.3 Å². The van der Waals surface area contributed by atoms with Gasteiger partial charge in [0.15, 0.2) is 0 Å². The van der Waals surface area contributed by atoms with Crippen molar-refractivity contribution in [2.45, 2.75) is 348 Å². The summed E-state index contributed by atoms with van der Waals surface area (Å²) in [6.45, 7) is 6.80. The molecule has 0 spiro atoms. The molecule has 0 aliphatic rings. The van der Waals surface area contributed by atoms with E-state index < -0.39 is 35.2 Å². The molecule has 0 fully saturated rings. The largest absolute Gasteiger partial charge is 0.481 e. The van der Waals surface area contributed by atoms with Crippen molar-refractivity contribution in [3.63, 3.8) is 0 Å². The van der Waals surface area contributed by atoms with Gasteiger partial charge in [-0.2, -0.15) is 0 Å². The highest BCUT2D eigenvalue weighted by atomic mass is 16.4. The van der Waals surface area contributed by atoms with Gasteiger partial charge in [-0.05, 0) is 19.3 Å². The van der Waals surface area contributed by atoms with E-state index in [9.17, 15) is 29.7 Å². The zero-order chi connectivity index (χ0) is 48.4. The van der Waals surface area contributed by atoms with Crippen molar-refractivity contribution < 1.29 is 29.7 Å². The summed E-state index contributed by atoms with van der Waals surface area (Å²) in [6, 6.07) is 0. The van der Waals surface area contributed by atoms with Crippen molar-refractivity contribution in [3.05, 3.63) is 0 Å². The Balaban J connectivity index is 5.06. The van der Waals surface area contributed by atoms with Crippen molar-refractivity contribution in [2.75, 3.05) is 0 Å². The number of hydrogen-bond donors (Lipinski definition) is 3. The highest BCUT2D eigenvalue weighted by Gasteiger charge is 2.56. The van der Waals surface area contributed by atoms with Crippen LogP contribution in [-0.4, -0.2) is 33.2 Å². The van der Waals surface area contributed by atoms with E-state index in [4.69, 9.17) is 0 Å². The molecule has 0 aromatic carbocycles. The first kappa shape index (κ1) is 64.4. The second kappa shape index (κ2) is 49.8. The molecule has 0 heterocycles. The van der Waals surface area contributed by atoms with Gasteiger partial charge < -0.3 is 15.3 Å². The van der Waals surface area contributed by atoms with Crippen LogP contribution >= 0.6 is 0 Å². The molecule has 392 valence electrons. The molecule has 3 N–H and O–H groups in total. The molecule has 2 atom stereocenters. The maximum Gasteiger partial charge on any atom is 0.311 e. The minimum absolute atomic E-state index is 0.131. The van der Waals surface area contributed by atoms with Crippen molar-refractivity contribution in [1.29, 1.82) is 0 Å².